The summed E-state index contributed by atoms with van der Waals surface area (Å²) in [4.78, 5) is 24.6. The van der Waals surface area contributed by atoms with Crippen LogP contribution in [0.3, 0.4) is 0 Å². The number of benzene rings is 1. The molecule has 0 unspecified atom stereocenters. The van der Waals surface area contributed by atoms with Crippen molar-refractivity contribution in [3.63, 3.8) is 0 Å². The van der Waals surface area contributed by atoms with Gasteiger partial charge >= 0.3 is 6.03 Å². The molecule has 0 bridgehead atoms. The molecule has 2 aromatic heterocycles. The van der Waals surface area contributed by atoms with Gasteiger partial charge in [-0.15, -0.1) is 0 Å². The quantitative estimate of drug-likeness (QED) is 0.666. The Morgan fingerprint density at radius 2 is 1.87 bits per heavy atom. The van der Waals surface area contributed by atoms with E-state index in [4.69, 9.17) is 20.8 Å². The number of furan rings is 1. The van der Waals surface area contributed by atoms with Crippen molar-refractivity contribution >= 4 is 40.4 Å². The normalized spacial score (nSPS) is 14.3. The molecular weight excluding hydrogens is 420 g/mol. The molecule has 0 spiro atoms. The monoisotopic (exact) mass is 437 g/mol. The van der Waals surface area contributed by atoms with Gasteiger partial charge in [0.05, 0.1) is 6.61 Å². The third-order valence-electron chi connectivity index (χ3n) is 4.59. The fourth-order valence-electron chi connectivity index (χ4n) is 3.21. The molecule has 0 aliphatic carbocycles. The Kier molecular flexibility index (Phi) is 5.58. The highest BCUT2D eigenvalue weighted by Gasteiger charge is 2.24. The highest BCUT2D eigenvalue weighted by Crippen LogP contribution is 2.28. The Labute approximate surface area is 175 Å². The summed E-state index contributed by atoms with van der Waals surface area (Å²) < 4.78 is 37.6. The van der Waals surface area contributed by atoms with Crippen LogP contribution < -0.4 is 15.0 Å². The summed E-state index contributed by atoms with van der Waals surface area (Å²) in [6.45, 7) is 3.68. The maximum absolute atomic E-state index is 13.5. The summed E-state index contributed by atoms with van der Waals surface area (Å²) in [5.41, 5.74) is 1.04. The summed E-state index contributed by atoms with van der Waals surface area (Å²) in [6.07, 6.45) is 0. The number of hydrogen-bond acceptors (Lipinski definition) is 6. The molecule has 8 nitrogen and oxygen atoms in total. The first-order valence-corrected chi connectivity index (χ1v) is 9.67. The van der Waals surface area contributed by atoms with Gasteiger partial charge in [0, 0.05) is 44.0 Å². The number of carbonyl (C=O) groups is 1. The van der Waals surface area contributed by atoms with E-state index in [1.807, 2.05) is 4.90 Å². The second-order valence-electron chi connectivity index (χ2n) is 6.58. The van der Waals surface area contributed by atoms with Crippen LogP contribution in [0.25, 0.3) is 11.2 Å². The first kappa shape index (κ1) is 20.1. The van der Waals surface area contributed by atoms with Crippen LogP contribution in [-0.2, 0) is 0 Å². The van der Waals surface area contributed by atoms with Crippen LogP contribution in [0.15, 0.2) is 28.7 Å². The third-order valence-corrected chi connectivity index (χ3v) is 4.77. The zero-order valence-corrected chi connectivity index (χ0v) is 16.7. The second-order valence-corrected chi connectivity index (χ2v) is 6.96. The molecule has 0 atom stereocenters. The Morgan fingerprint density at radius 3 is 2.53 bits per heavy atom. The lowest BCUT2D eigenvalue weighted by atomic mass is 10.2. The summed E-state index contributed by atoms with van der Waals surface area (Å²) >= 11 is 5.84. The van der Waals surface area contributed by atoms with Gasteiger partial charge in [0.1, 0.15) is 17.2 Å². The molecule has 3 aromatic rings. The van der Waals surface area contributed by atoms with Gasteiger partial charge in [-0.05, 0) is 30.7 Å². The van der Waals surface area contributed by atoms with Crippen molar-refractivity contribution in [1.29, 1.82) is 0 Å². The summed E-state index contributed by atoms with van der Waals surface area (Å²) in [5.74, 6) is -0.997. The van der Waals surface area contributed by atoms with Crippen molar-refractivity contribution in [2.24, 2.45) is 0 Å². The van der Waals surface area contributed by atoms with Gasteiger partial charge in [-0.1, -0.05) is 0 Å². The number of ether oxygens (including phenoxy) is 1. The number of anilines is 2. The van der Waals surface area contributed by atoms with E-state index in [0.29, 0.717) is 44.0 Å². The van der Waals surface area contributed by atoms with Crippen molar-refractivity contribution in [3.05, 3.63) is 41.1 Å². The van der Waals surface area contributed by atoms with Crippen LogP contribution in [0.2, 0.25) is 5.22 Å². The Bertz CT molecular complexity index is 1070. The lowest BCUT2D eigenvalue weighted by molar-refractivity contribution is 0.208. The molecule has 1 aliphatic rings. The van der Waals surface area contributed by atoms with Gasteiger partial charge in [0.15, 0.2) is 11.0 Å². The molecule has 1 saturated heterocycles. The maximum atomic E-state index is 13.5. The van der Waals surface area contributed by atoms with Crippen LogP contribution in [0.5, 0.6) is 5.88 Å². The van der Waals surface area contributed by atoms with Crippen molar-refractivity contribution in [2.45, 2.75) is 6.92 Å². The number of carbonyl (C=O) groups excluding carboxylic acids is 1. The SMILES string of the molecule is CCOc1nc2oc(Cl)cc2nc1NC(=O)N1CCN(c2cc(F)cc(F)c2)CC1. The van der Waals surface area contributed by atoms with E-state index < -0.39 is 11.6 Å². The molecule has 1 aliphatic heterocycles. The predicted octanol–water partition coefficient (Wildman–Crippen LogP) is 3.91. The molecular formula is C19H18ClF2N5O3. The molecule has 11 heteroatoms. The minimum atomic E-state index is -0.637. The summed E-state index contributed by atoms with van der Waals surface area (Å²) in [7, 11) is 0. The van der Waals surface area contributed by atoms with Gasteiger partial charge in [0.25, 0.3) is 5.88 Å². The van der Waals surface area contributed by atoms with Crippen molar-refractivity contribution < 1.29 is 22.7 Å². The van der Waals surface area contributed by atoms with Gasteiger partial charge in [-0.2, -0.15) is 4.98 Å². The van der Waals surface area contributed by atoms with E-state index in [1.165, 1.54) is 18.2 Å². The van der Waals surface area contributed by atoms with Gasteiger partial charge in [0.2, 0.25) is 5.71 Å². The number of piperazine rings is 1. The first-order valence-electron chi connectivity index (χ1n) is 9.30. The highest BCUT2D eigenvalue weighted by molar-refractivity contribution is 6.29. The number of rotatable bonds is 4. The smallest absolute Gasteiger partial charge is 0.323 e. The van der Waals surface area contributed by atoms with E-state index in [-0.39, 0.29) is 28.7 Å². The number of hydrogen-bond donors (Lipinski definition) is 1. The van der Waals surface area contributed by atoms with Gasteiger partial charge in [-0.3, -0.25) is 5.32 Å². The van der Waals surface area contributed by atoms with Crippen LogP contribution in [-0.4, -0.2) is 53.7 Å². The van der Waals surface area contributed by atoms with Crippen molar-refractivity contribution in [2.75, 3.05) is 43.0 Å². The standard InChI is InChI=1S/C19H18ClF2N5O3/c1-2-29-18-16(23-14-10-15(20)30-17(14)25-18)24-19(28)27-5-3-26(4-6-27)13-8-11(21)7-12(22)9-13/h7-10H,2-6H2,1H3,(H,23,24,28). The minimum absolute atomic E-state index is 0.123. The van der Waals surface area contributed by atoms with Crippen LogP contribution >= 0.6 is 11.6 Å². The number of aromatic nitrogens is 2. The van der Waals surface area contributed by atoms with E-state index in [9.17, 15) is 13.6 Å². The van der Waals surface area contributed by atoms with E-state index in [1.54, 1.807) is 11.8 Å². The number of halogens is 3. The maximum Gasteiger partial charge on any atom is 0.323 e. The number of urea groups is 1. The second kappa shape index (κ2) is 8.31. The van der Waals surface area contributed by atoms with Crippen molar-refractivity contribution in [1.82, 2.24) is 14.9 Å². The van der Waals surface area contributed by atoms with Gasteiger partial charge in [-0.25, -0.2) is 18.6 Å². The molecule has 0 radical (unpaired) electrons. The molecule has 30 heavy (non-hydrogen) atoms. The zero-order chi connectivity index (χ0) is 21.3. The number of fused-ring (bicyclic) bond motifs is 1. The third kappa shape index (κ3) is 4.23. The van der Waals surface area contributed by atoms with E-state index in [0.717, 1.165) is 6.07 Å². The number of nitrogens with one attached hydrogen (secondary N) is 1. The Balaban J connectivity index is 1.45. The molecule has 1 N–H and O–H groups in total. The van der Waals surface area contributed by atoms with Crippen LogP contribution in [0.1, 0.15) is 6.92 Å². The molecule has 0 saturated carbocycles. The largest absolute Gasteiger partial charge is 0.475 e. The summed E-state index contributed by atoms with van der Waals surface area (Å²) in [5, 5.41) is 2.83. The Morgan fingerprint density at radius 1 is 1.17 bits per heavy atom. The zero-order valence-electron chi connectivity index (χ0n) is 16.0. The molecule has 1 fully saturated rings. The van der Waals surface area contributed by atoms with E-state index in [2.05, 4.69) is 15.3 Å². The molecule has 2 amide bonds. The average molecular weight is 438 g/mol. The fourth-order valence-corrected chi connectivity index (χ4v) is 3.38. The first-order chi connectivity index (χ1) is 14.4. The molecule has 3 heterocycles. The molecule has 4 rings (SSSR count). The lowest BCUT2D eigenvalue weighted by Crippen LogP contribution is -2.50. The summed E-state index contributed by atoms with van der Waals surface area (Å²) in [6, 6.07) is 4.48. The van der Waals surface area contributed by atoms with Gasteiger partial charge < -0.3 is 19.0 Å². The minimum Gasteiger partial charge on any atom is -0.475 e. The van der Waals surface area contributed by atoms with E-state index >= 15 is 0 Å². The number of nitrogens with zero attached hydrogens (tertiary/aromatic N) is 4. The molecule has 1 aromatic carbocycles. The lowest BCUT2D eigenvalue weighted by Gasteiger charge is -2.36. The highest BCUT2D eigenvalue weighted by atomic mass is 35.5. The Hall–Kier alpha value is -3.14. The predicted molar refractivity (Wildman–Crippen MR) is 107 cm³/mol. The average Bonchev–Trinajstić information content (AvgIpc) is 3.06. The topological polar surface area (TPSA) is 83.7 Å². The fraction of sp³-hybridized carbons (Fsp3) is 0.316. The number of amides is 2. The van der Waals surface area contributed by atoms with Crippen LogP contribution in [0.4, 0.5) is 25.1 Å². The molecule has 158 valence electrons. The van der Waals surface area contributed by atoms with Crippen molar-refractivity contribution in [3.8, 4) is 5.88 Å². The van der Waals surface area contributed by atoms with Crippen LogP contribution in [0, 0.1) is 11.6 Å².